The Bertz CT molecular complexity index is 1520. The average molecular weight is 596 g/mol. The minimum absolute atomic E-state index is 0.00363. The molecule has 1 saturated carbocycles. The van der Waals surface area contributed by atoms with E-state index in [1.54, 1.807) is 18.5 Å². The van der Waals surface area contributed by atoms with Crippen LogP contribution in [0.1, 0.15) is 48.2 Å². The summed E-state index contributed by atoms with van der Waals surface area (Å²) in [6.45, 7) is 1.78. The van der Waals surface area contributed by atoms with Crippen LogP contribution in [-0.2, 0) is 15.9 Å². The molecule has 228 valence electrons. The smallest absolute Gasteiger partial charge is 0.270 e. The van der Waals surface area contributed by atoms with Crippen LogP contribution in [0.2, 0.25) is 0 Å². The summed E-state index contributed by atoms with van der Waals surface area (Å²) in [4.78, 5) is 32.8. The van der Waals surface area contributed by atoms with Crippen LogP contribution in [0.25, 0.3) is 22.4 Å². The second kappa shape index (κ2) is 14.9. The van der Waals surface area contributed by atoms with Crippen molar-refractivity contribution in [1.82, 2.24) is 30.2 Å². The summed E-state index contributed by atoms with van der Waals surface area (Å²) >= 11 is 0. The van der Waals surface area contributed by atoms with Gasteiger partial charge in [0.15, 0.2) is 17.5 Å². The molecule has 1 aliphatic rings. The number of aromatic nitrogens is 5. The lowest BCUT2D eigenvalue weighted by molar-refractivity contribution is 0.0326. The van der Waals surface area contributed by atoms with Crippen molar-refractivity contribution in [2.24, 2.45) is 0 Å². The molecule has 2 atom stereocenters. The highest BCUT2D eigenvalue weighted by Crippen LogP contribution is 2.28. The number of fused-ring (bicyclic) bond motifs is 1. The predicted molar refractivity (Wildman–Crippen MR) is 155 cm³/mol. The van der Waals surface area contributed by atoms with Crippen molar-refractivity contribution in [3.63, 3.8) is 0 Å². The van der Waals surface area contributed by atoms with E-state index in [-0.39, 0.29) is 36.2 Å². The van der Waals surface area contributed by atoms with E-state index in [1.807, 2.05) is 6.07 Å². The summed E-state index contributed by atoms with van der Waals surface area (Å²) in [5.41, 5.74) is 2.34. The molecule has 4 aromatic rings. The van der Waals surface area contributed by atoms with Gasteiger partial charge in [-0.05, 0) is 62.3 Å². The quantitative estimate of drug-likeness (QED) is 0.160. The Morgan fingerprint density at radius 2 is 1.88 bits per heavy atom. The molecule has 4 heterocycles. The maximum absolute atomic E-state index is 14.7. The first-order valence-electron chi connectivity index (χ1n) is 14.4. The largest absolute Gasteiger partial charge is 0.394 e. The lowest BCUT2D eigenvalue weighted by atomic mass is 9.90. The SMILES string of the molecule is O=C(N[C@@H]1CCC[C@H](Nc2nc(-c3c[nH]c4ncc(F)cc34)ncc2F)C1)c1cc(CCCOCCOCCO)ccn1. The van der Waals surface area contributed by atoms with Gasteiger partial charge >= 0.3 is 0 Å². The van der Waals surface area contributed by atoms with Crippen molar-refractivity contribution in [3.8, 4) is 11.4 Å². The molecule has 1 amide bonds. The number of aryl methyl sites for hydroxylation is 1. The van der Waals surface area contributed by atoms with Crippen LogP contribution in [0.5, 0.6) is 0 Å². The molecule has 0 aliphatic heterocycles. The number of anilines is 1. The normalized spacial score (nSPS) is 16.8. The van der Waals surface area contributed by atoms with Crippen molar-refractivity contribution in [1.29, 1.82) is 0 Å². The molecular weight excluding hydrogens is 560 g/mol. The summed E-state index contributed by atoms with van der Waals surface area (Å²) in [5.74, 6) is -1.04. The van der Waals surface area contributed by atoms with Crippen LogP contribution < -0.4 is 10.6 Å². The standard InChI is InChI=1S/C30H35F2N7O4/c31-20-14-23-24(17-35-27(23)34-16-20)28-36-18-25(32)29(39-28)37-21-4-1-5-22(15-21)38-30(41)26-13-19(6-7-33-26)3-2-9-42-11-12-43-10-8-40/h6-7,13-14,16-18,21-22,40H,1-5,8-12,15H2,(H,34,35)(H,38,41)(H,36,37,39)/t21-,22+/m0/s1. The fourth-order valence-electron chi connectivity index (χ4n) is 5.18. The maximum Gasteiger partial charge on any atom is 0.270 e. The molecule has 4 aromatic heterocycles. The number of aliphatic hydroxyl groups is 1. The van der Waals surface area contributed by atoms with Gasteiger partial charge in [0.1, 0.15) is 17.2 Å². The van der Waals surface area contributed by atoms with Crippen LogP contribution in [0.4, 0.5) is 14.6 Å². The van der Waals surface area contributed by atoms with E-state index in [9.17, 15) is 13.6 Å². The third-order valence-electron chi connectivity index (χ3n) is 7.25. The van der Waals surface area contributed by atoms with Gasteiger partial charge in [-0.15, -0.1) is 0 Å². The molecule has 0 bridgehead atoms. The lowest BCUT2D eigenvalue weighted by Gasteiger charge is -2.30. The number of rotatable bonds is 14. The van der Waals surface area contributed by atoms with Crippen molar-refractivity contribution >= 4 is 22.8 Å². The number of nitrogens with zero attached hydrogens (tertiary/aromatic N) is 4. The molecule has 0 spiro atoms. The summed E-state index contributed by atoms with van der Waals surface area (Å²) in [7, 11) is 0. The number of aliphatic hydroxyl groups excluding tert-OH is 1. The van der Waals surface area contributed by atoms with Crippen molar-refractivity contribution in [3.05, 3.63) is 65.9 Å². The number of aromatic amines is 1. The average Bonchev–Trinajstić information content (AvgIpc) is 3.43. The number of carbonyl (C=O) groups excluding carboxylic acids is 1. The lowest BCUT2D eigenvalue weighted by Crippen LogP contribution is -2.42. The van der Waals surface area contributed by atoms with E-state index in [2.05, 4.69) is 35.6 Å². The summed E-state index contributed by atoms with van der Waals surface area (Å²) in [6, 6.07) is 4.78. The highest BCUT2D eigenvalue weighted by molar-refractivity contribution is 5.93. The number of H-pyrrole nitrogens is 1. The second-order valence-corrected chi connectivity index (χ2v) is 10.4. The molecule has 4 N–H and O–H groups in total. The van der Waals surface area contributed by atoms with Crippen LogP contribution in [0, 0.1) is 11.6 Å². The third-order valence-corrected chi connectivity index (χ3v) is 7.25. The van der Waals surface area contributed by atoms with E-state index in [0.717, 1.165) is 50.1 Å². The first-order valence-corrected chi connectivity index (χ1v) is 14.4. The Balaban J connectivity index is 1.14. The van der Waals surface area contributed by atoms with Crippen molar-refractivity contribution in [2.45, 2.75) is 50.6 Å². The molecular formula is C30H35F2N7O4. The Hall–Kier alpha value is -4.07. The molecule has 0 aromatic carbocycles. The fourth-order valence-corrected chi connectivity index (χ4v) is 5.18. The number of hydrogen-bond acceptors (Lipinski definition) is 9. The van der Waals surface area contributed by atoms with Gasteiger partial charge in [-0.3, -0.25) is 9.78 Å². The number of hydrogen-bond donors (Lipinski definition) is 4. The zero-order valence-electron chi connectivity index (χ0n) is 23.7. The van der Waals surface area contributed by atoms with Gasteiger partial charge in [0, 0.05) is 42.0 Å². The highest BCUT2D eigenvalue weighted by atomic mass is 19.1. The molecule has 1 aliphatic carbocycles. The van der Waals surface area contributed by atoms with Crippen LogP contribution in [-0.4, -0.2) is 81.1 Å². The number of pyridine rings is 2. The third kappa shape index (κ3) is 8.27. The minimum atomic E-state index is -0.597. The van der Waals surface area contributed by atoms with Gasteiger partial charge in [0.05, 0.1) is 38.8 Å². The van der Waals surface area contributed by atoms with E-state index in [4.69, 9.17) is 14.6 Å². The van der Waals surface area contributed by atoms with E-state index in [1.165, 1.54) is 6.07 Å². The number of carbonyl (C=O) groups is 1. The Morgan fingerprint density at radius 1 is 1.05 bits per heavy atom. The van der Waals surface area contributed by atoms with E-state index >= 15 is 0 Å². The summed E-state index contributed by atoms with van der Waals surface area (Å²) in [5, 5.41) is 15.5. The van der Waals surface area contributed by atoms with Crippen LogP contribution >= 0.6 is 0 Å². The summed E-state index contributed by atoms with van der Waals surface area (Å²) in [6.07, 6.45) is 10.0. The molecule has 43 heavy (non-hydrogen) atoms. The van der Waals surface area contributed by atoms with Gasteiger partial charge < -0.3 is 30.2 Å². The molecule has 5 rings (SSSR count). The minimum Gasteiger partial charge on any atom is -0.394 e. The van der Waals surface area contributed by atoms with Crippen molar-refractivity contribution < 1.29 is 28.2 Å². The zero-order valence-corrected chi connectivity index (χ0v) is 23.7. The molecule has 0 radical (unpaired) electrons. The molecule has 11 nitrogen and oxygen atoms in total. The fraction of sp³-hybridized carbons (Fsp3) is 0.433. The predicted octanol–water partition coefficient (Wildman–Crippen LogP) is 3.80. The topological polar surface area (TPSA) is 147 Å². The number of nitrogens with one attached hydrogen (secondary N) is 3. The van der Waals surface area contributed by atoms with Crippen LogP contribution in [0.15, 0.2) is 43.0 Å². The molecule has 0 unspecified atom stereocenters. The Kier molecular flexibility index (Phi) is 10.5. The molecule has 13 heteroatoms. The number of ether oxygens (including phenoxy) is 2. The number of amides is 1. The van der Waals surface area contributed by atoms with Crippen LogP contribution in [0.3, 0.4) is 0 Å². The van der Waals surface area contributed by atoms with Crippen molar-refractivity contribution in [2.75, 3.05) is 38.4 Å². The zero-order chi connectivity index (χ0) is 30.0. The van der Waals surface area contributed by atoms with Gasteiger partial charge in [0.2, 0.25) is 0 Å². The first kappa shape index (κ1) is 30.4. The van der Waals surface area contributed by atoms with Gasteiger partial charge in [-0.25, -0.2) is 23.7 Å². The van der Waals surface area contributed by atoms with Gasteiger partial charge in [-0.1, -0.05) is 0 Å². The van der Waals surface area contributed by atoms with Gasteiger partial charge in [0.25, 0.3) is 5.91 Å². The highest BCUT2D eigenvalue weighted by Gasteiger charge is 2.25. The van der Waals surface area contributed by atoms with E-state index in [0.29, 0.717) is 55.1 Å². The second-order valence-electron chi connectivity index (χ2n) is 10.4. The summed E-state index contributed by atoms with van der Waals surface area (Å²) < 4.78 is 39.2. The van der Waals surface area contributed by atoms with E-state index < -0.39 is 11.6 Å². The number of halogens is 2. The molecule has 0 saturated heterocycles. The monoisotopic (exact) mass is 595 g/mol. The Morgan fingerprint density at radius 3 is 2.74 bits per heavy atom. The first-order chi connectivity index (χ1) is 21.0. The van der Waals surface area contributed by atoms with Gasteiger partial charge in [-0.2, -0.15) is 0 Å². The molecule has 1 fully saturated rings. The maximum atomic E-state index is 14.7. The Labute approximate surface area is 247 Å².